The maximum Gasteiger partial charge on any atom is 0.315 e. The first kappa shape index (κ1) is 12.7. The molecule has 1 aromatic rings. The highest BCUT2D eigenvalue weighted by Gasteiger charge is 2.28. The summed E-state index contributed by atoms with van der Waals surface area (Å²) in [6.07, 6.45) is 3.77. The zero-order valence-corrected chi connectivity index (χ0v) is 11.2. The predicted octanol–water partition coefficient (Wildman–Crippen LogP) is 1.88. The molecule has 1 aromatic heterocycles. The third-order valence-electron chi connectivity index (χ3n) is 2.94. The molecule has 2 unspecified atom stereocenters. The van der Waals surface area contributed by atoms with Crippen LogP contribution in [0, 0.1) is 0 Å². The molecule has 1 fully saturated rings. The van der Waals surface area contributed by atoms with Crippen LogP contribution in [0.5, 0.6) is 0 Å². The van der Waals surface area contributed by atoms with E-state index in [4.69, 9.17) is 4.42 Å². The Labute approximate surface area is 106 Å². The molecule has 0 amide bonds. The van der Waals surface area contributed by atoms with Crippen molar-refractivity contribution in [2.45, 2.75) is 44.0 Å². The topological polar surface area (TPSA) is 63.0 Å². The van der Waals surface area contributed by atoms with Crippen molar-refractivity contribution in [3.8, 4) is 0 Å². The summed E-state index contributed by atoms with van der Waals surface area (Å²) in [4.78, 5) is 0. The monoisotopic (exact) mass is 256 g/mol. The largest absolute Gasteiger partial charge is 0.407 e. The fourth-order valence-corrected chi connectivity index (χ4v) is 3.40. The predicted molar refractivity (Wildman–Crippen MR) is 70.2 cm³/mol. The number of thioether (sulfide) groups is 1. The van der Waals surface area contributed by atoms with Gasteiger partial charge in [-0.15, -0.1) is 5.10 Å². The van der Waals surface area contributed by atoms with E-state index < -0.39 is 0 Å². The molecule has 2 atom stereocenters. The second kappa shape index (κ2) is 6.26. The quantitative estimate of drug-likeness (QED) is 0.810. The van der Waals surface area contributed by atoms with Crippen molar-refractivity contribution in [2.75, 3.05) is 18.1 Å². The van der Waals surface area contributed by atoms with Gasteiger partial charge in [0.15, 0.2) is 0 Å². The zero-order valence-electron chi connectivity index (χ0n) is 10.4. The Hall–Kier alpha value is -0.750. The number of nitrogens with zero attached hydrogens (tertiary/aromatic N) is 2. The fourth-order valence-electron chi connectivity index (χ4n) is 2.20. The fraction of sp³-hybridized carbons (Fsp3) is 0.818. The Balaban J connectivity index is 1.90. The Morgan fingerprint density at radius 2 is 2.29 bits per heavy atom. The molecule has 0 aliphatic heterocycles. The number of anilines is 1. The summed E-state index contributed by atoms with van der Waals surface area (Å²) < 4.78 is 5.51. The average Bonchev–Trinajstić information content (AvgIpc) is 2.91. The minimum atomic E-state index is 0.475. The summed E-state index contributed by atoms with van der Waals surface area (Å²) in [5.74, 6) is 1.80. The summed E-state index contributed by atoms with van der Waals surface area (Å²) in [6, 6.07) is 1.03. The van der Waals surface area contributed by atoms with E-state index in [9.17, 15) is 0 Å². The standard InChI is InChI=1S/C11H20N4OS/c1-3-17-9-6-4-5-8(9)13-11-15-14-10(16-11)7-12-2/h8-9,12H,3-7H2,1-2H3,(H,13,15). The maximum atomic E-state index is 5.51. The van der Waals surface area contributed by atoms with Crippen molar-refractivity contribution in [3.63, 3.8) is 0 Å². The summed E-state index contributed by atoms with van der Waals surface area (Å²) in [6.45, 7) is 2.82. The lowest BCUT2D eigenvalue weighted by atomic mass is 10.2. The molecule has 2 N–H and O–H groups in total. The molecule has 1 saturated carbocycles. The van der Waals surface area contributed by atoms with E-state index in [1.165, 1.54) is 19.3 Å². The van der Waals surface area contributed by atoms with Crippen LogP contribution >= 0.6 is 11.8 Å². The molecule has 5 nitrogen and oxygen atoms in total. The average molecular weight is 256 g/mol. The van der Waals surface area contributed by atoms with Crippen LogP contribution in [0.3, 0.4) is 0 Å². The van der Waals surface area contributed by atoms with Gasteiger partial charge in [-0.25, -0.2) is 0 Å². The van der Waals surface area contributed by atoms with Gasteiger partial charge in [-0.1, -0.05) is 18.4 Å². The SMILES string of the molecule is CCSC1CCCC1Nc1nnc(CNC)o1. The first-order valence-electron chi connectivity index (χ1n) is 6.18. The van der Waals surface area contributed by atoms with Gasteiger partial charge in [0.2, 0.25) is 5.89 Å². The second-order valence-electron chi connectivity index (χ2n) is 4.21. The number of hydrogen-bond donors (Lipinski definition) is 2. The van der Waals surface area contributed by atoms with Gasteiger partial charge in [0.05, 0.1) is 6.54 Å². The number of aromatic nitrogens is 2. The van der Waals surface area contributed by atoms with Crippen LogP contribution < -0.4 is 10.6 Å². The Bertz CT molecular complexity index is 344. The molecule has 96 valence electrons. The van der Waals surface area contributed by atoms with Crippen molar-refractivity contribution in [2.24, 2.45) is 0 Å². The van der Waals surface area contributed by atoms with Gasteiger partial charge in [0, 0.05) is 11.3 Å². The third kappa shape index (κ3) is 3.35. The van der Waals surface area contributed by atoms with Gasteiger partial charge < -0.3 is 15.1 Å². The van der Waals surface area contributed by atoms with Crippen LogP contribution in [0.1, 0.15) is 32.1 Å². The lowest BCUT2D eigenvalue weighted by molar-refractivity contribution is 0.484. The van der Waals surface area contributed by atoms with E-state index in [2.05, 4.69) is 27.8 Å². The summed E-state index contributed by atoms with van der Waals surface area (Å²) in [5, 5.41) is 15.0. The molecule has 0 saturated heterocycles. The molecule has 0 aromatic carbocycles. The summed E-state index contributed by atoms with van der Waals surface area (Å²) >= 11 is 2.02. The minimum absolute atomic E-state index is 0.475. The van der Waals surface area contributed by atoms with Crippen molar-refractivity contribution in [1.82, 2.24) is 15.5 Å². The number of rotatable bonds is 6. The smallest absolute Gasteiger partial charge is 0.315 e. The maximum absolute atomic E-state index is 5.51. The van der Waals surface area contributed by atoms with Crippen LogP contribution in [-0.2, 0) is 6.54 Å². The van der Waals surface area contributed by atoms with Crippen LogP contribution in [0.2, 0.25) is 0 Å². The van der Waals surface area contributed by atoms with Crippen LogP contribution in [-0.4, -0.2) is 34.3 Å². The number of nitrogens with one attached hydrogen (secondary N) is 2. The van der Waals surface area contributed by atoms with Gasteiger partial charge in [0.25, 0.3) is 0 Å². The molecular weight excluding hydrogens is 236 g/mol. The molecule has 1 aliphatic carbocycles. The molecule has 0 bridgehead atoms. The highest BCUT2D eigenvalue weighted by molar-refractivity contribution is 7.99. The Kier molecular flexibility index (Phi) is 4.67. The van der Waals surface area contributed by atoms with Crippen molar-refractivity contribution >= 4 is 17.8 Å². The minimum Gasteiger partial charge on any atom is -0.407 e. The molecule has 1 aliphatic rings. The molecule has 0 spiro atoms. The molecule has 17 heavy (non-hydrogen) atoms. The normalized spacial score (nSPS) is 24.1. The van der Waals surface area contributed by atoms with Gasteiger partial charge in [-0.3, -0.25) is 0 Å². The van der Waals surface area contributed by atoms with E-state index in [1.807, 2.05) is 18.8 Å². The first-order valence-corrected chi connectivity index (χ1v) is 7.23. The van der Waals surface area contributed by atoms with Crippen LogP contribution in [0.25, 0.3) is 0 Å². The van der Waals surface area contributed by atoms with Crippen molar-refractivity contribution in [1.29, 1.82) is 0 Å². The Morgan fingerprint density at radius 3 is 3.06 bits per heavy atom. The zero-order chi connectivity index (χ0) is 12.1. The van der Waals surface area contributed by atoms with Crippen molar-refractivity contribution in [3.05, 3.63) is 5.89 Å². The molecule has 0 radical (unpaired) electrons. The highest BCUT2D eigenvalue weighted by atomic mass is 32.2. The molecule has 2 rings (SSSR count). The molecule has 1 heterocycles. The van der Waals surface area contributed by atoms with Crippen LogP contribution in [0.15, 0.2) is 4.42 Å². The number of hydrogen-bond acceptors (Lipinski definition) is 6. The Morgan fingerprint density at radius 1 is 1.41 bits per heavy atom. The molecular formula is C11H20N4OS. The van der Waals surface area contributed by atoms with E-state index in [0.29, 0.717) is 29.7 Å². The van der Waals surface area contributed by atoms with Gasteiger partial charge in [0.1, 0.15) is 0 Å². The molecule has 6 heteroatoms. The first-order chi connectivity index (χ1) is 8.33. The summed E-state index contributed by atoms with van der Waals surface area (Å²) in [5.41, 5.74) is 0. The van der Waals surface area contributed by atoms with E-state index in [1.54, 1.807) is 0 Å². The lowest BCUT2D eigenvalue weighted by Crippen LogP contribution is -2.26. The van der Waals surface area contributed by atoms with Gasteiger partial charge in [-0.05, 0) is 25.6 Å². The van der Waals surface area contributed by atoms with Crippen LogP contribution in [0.4, 0.5) is 6.01 Å². The van der Waals surface area contributed by atoms with Gasteiger partial charge >= 0.3 is 6.01 Å². The van der Waals surface area contributed by atoms with E-state index in [0.717, 1.165) is 5.75 Å². The second-order valence-corrected chi connectivity index (χ2v) is 5.72. The third-order valence-corrected chi connectivity index (χ3v) is 4.26. The highest BCUT2D eigenvalue weighted by Crippen LogP contribution is 2.31. The van der Waals surface area contributed by atoms with E-state index >= 15 is 0 Å². The summed E-state index contributed by atoms with van der Waals surface area (Å²) in [7, 11) is 1.86. The van der Waals surface area contributed by atoms with Crippen molar-refractivity contribution < 1.29 is 4.42 Å². The van der Waals surface area contributed by atoms with E-state index in [-0.39, 0.29) is 0 Å². The lowest BCUT2D eigenvalue weighted by Gasteiger charge is -2.18. The van der Waals surface area contributed by atoms with Gasteiger partial charge in [-0.2, -0.15) is 11.8 Å².